The zero-order chi connectivity index (χ0) is 18.2. The van der Waals surface area contributed by atoms with E-state index in [1.807, 2.05) is 0 Å². The number of para-hydroxylation sites is 4. The lowest BCUT2D eigenvalue weighted by atomic mass is 10.0. The second kappa shape index (κ2) is 5.10. The van der Waals surface area contributed by atoms with Crippen LogP contribution >= 0.6 is 0 Å². The first-order chi connectivity index (χ1) is 13.9. The van der Waals surface area contributed by atoms with Crippen LogP contribution in [-0.4, -0.2) is 13.1 Å². The fourth-order valence-corrected chi connectivity index (χ4v) is 5.25. The molecule has 136 valence electrons. The summed E-state index contributed by atoms with van der Waals surface area (Å²) in [6, 6.07) is 26.6. The number of fused-ring (bicyclic) bond motifs is 7. The van der Waals surface area contributed by atoms with Gasteiger partial charge in [0, 0.05) is 13.1 Å². The molecule has 0 aliphatic carbocycles. The molecule has 0 atom stereocenters. The van der Waals surface area contributed by atoms with Gasteiger partial charge in [0.1, 0.15) is 0 Å². The third kappa shape index (κ3) is 1.71. The Morgan fingerprint density at radius 2 is 0.786 bits per heavy atom. The average Bonchev–Trinajstić information content (AvgIpc) is 3.22. The maximum Gasteiger partial charge on any atom is 0.156 e. The van der Waals surface area contributed by atoms with Gasteiger partial charge >= 0.3 is 0 Å². The van der Waals surface area contributed by atoms with E-state index in [0.29, 0.717) is 0 Å². The van der Waals surface area contributed by atoms with Gasteiger partial charge in [0.2, 0.25) is 0 Å². The van der Waals surface area contributed by atoms with Gasteiger partial charge in [-0.1, -0.05) is 48.5 Å². The summed E-state index contributed by atoms with van der Waals surface area (Å²) < 4.78 is 0. The van der Waals surface area contributed by atoms with E-state index in [4.69, 9.17) is 0 Å². The van der Waals surface area contributed by atoms with Crippen molar-refractivity contribution >= 4 is 22.7 Å². The molecule has 0 aromatic heterocycles. The van der Waals surface area contributed by atoms with Crippen LogP contribution in [0.4, 0.5) is 22.7 Å². The Hall–Kier alpha value is -3.40. The van der Waals surface area contributed by atoms with Crippen molar-refractivity contribution in [2.45, 2.75) is 13.1 Å². The van der Waals surface area contributed by atoms with Crippen LogP contribution in [0.3, 0.4) is 0 Å². The van der Waals surface area contributed by atoms with Gasteiger partial charge in [0.15, 0.2) is 11.6 Å². The number of nitrogens with zero attached hydrogens (tertiary/aromatic N) is 4. The van der Waals surface area contributed by atoms with E-state index < -0.39 is 0 Å². The summed E-state index contributed by atoms with van der Waals surface area (Å²) in [7, 11) is 0. The van der Waals surface area contributed by atoms with Crippen LogP contribution in [0, 0.1) is 0 Å². The van der Waals surface area contributed by atoms with Crippen LogP contribution in [-0.2, 0) is 13.1 Å². The van der Waals surface area contributed by atoms with Gasteiger partial charge in [-0.05, 0) is 35.4 Å². The van der Waals surface area contributed by atoms with E-state index in [1.54, 1.807) is 0 Å². The molecule has 0 bridgehead atoms. The number of hydrogen-bond donors (Lipinski definition) is 0. The van der Waals surface area contributed by atoms with E-state index in [-0.39, 0.29) is 0 Å². The van der Waals surface area contributed by atoms with Gasteiger partial charge in [0.05, 0.1) is 35.8 Å². The molecule has 4 aliphatic rings. The minimum absolute atomic E-state index is 0.917. The van der Waals surface area contributed by atoms with Crippen LogP contribution in [0.25, 0.3) is 0 Å². The molecule has 28 heavy (non-hydrogen) atoms. The fourth-order valence-electron chi connectivity index (χ4n) is 5.25. The number of benzene rings is 3. The standard InChI is InChI=1S/C24H20N4/c1-2-8-18-16-28-22-12-6-4-10-20(22)26-14-13-25-19-9-3-5-11-21(19)27(15-17(18)7-1)23(25)24(26)28/h1-12H,13-16H2. The Balaban J connectivity index is 1.55. The lowest BCUT2D eigenvalue weighted by Crippen LogP contribution is -2.47. The van der Waals surface area contributed by atoms with Crippen molar-refractivity contribution < 1.29 is 0 Å². The van der Waals surface area contributed by atoms with E-state index >= 15 is 0 Å². The maximum absolute atomic E-state index is 2.52. The topological polar surface area (TPSA) is 13.0 Å². The minimum atomic E-state index is 0.917. The van der Waals surface area contributed by atoms with Gasteiger partial charge < -0.3 is 19.6 Å². The molecule has 3 aromatic carbocycles. The summed E-state index contributed by atoms with van der Waals surface area (Å²) in [4.78, 5) is 10.1. The number of hydrogen-bond acceptors (Lipinski definition) is 4. The van der Waals surface area contributed by atoms with Crippen molar-refractivity contribution in [1.29, 1.82) is 0 Å². The minimum Gasteiger partial charge on any atom is -0.321 e. The maximum atomic E-state index is 2.52. The Bertz CT molecular complexity index is 1070. The average molecular weight is 364 g/mol. The zero-order valence-electron chi connectivity index (χ0n) is 15.5. The summed E-state index contributed by atoms with van der Waals surface area (Å²) >= 11 is 0. The highest BCUT2D eigenvalue weighted by atomic mass is 15.5. The molecule has 0 radical (unpaired) electrons. The molecule has 0 spiro atoms. The molecule has 7 rings (SSSR count). The summed E-state index contributed by atoms with van der Waals surface area (Å²) in [5.41, 5.74) is 8.12. The second-order valence-corrected chi connectivity index (χ2v) is 7.87. The first-order valence-corrected chi connectivity index (χ1v) is 9.99. The van der Waals surface area contributed by atoms with Crippen molar-refractivity contribution in [1.82, 2.24) is 0 Å². The molecular weight excluding hydrogens is 344 g/mol. The first kappa shape index (κ1) is 14.6. The lowest BCUT2D eigenvalue weighted by Gasteiger charge is -2.40. The molecule has 3 aromatic rings. The van der Waals surface area contributed by atoms with Crippen molar-refractivity contribution in [2.75, 3.05) is 32.7 Å². The zero-order valence-corrected chi connectivity index (χ0v) is 15.5. The molecular formula is C24H20N4. The van der Waals surface area contributed by atoms with E-state index in [0.717, 1.165) is 26.2 Å². The summed E-state index contributed by atoms with van der Waals surface area (Å²) in [6.07, 6.45) is 0. The van der Waals surface area contributed by atoms with E-state index in [1.165, 1.54) is 45.5 Å². The van der Waals surface area contributed by atoms with Crippen molar-refractivity contribution in [3.8, 4) is 0 Å². The highest BCUT2D eigenvalue weighted by molar-refractivity contribution is 5.90. The molecule has 0 amide bonds. The highest BCUT2D eigenvalue weighted by Crippen LogP contribution is 2.52. The Morgan fingerprint density at radius 3 is 1.21 bits per heavy atom. The molecule has 0 N–H and O–H groups in total. The monoisotopic (exact) mass is 364 g/mol. The Labute approximate surface area is 164 Å². The van der Waals surface area contributed by atoms with Crippen molar-refractivity contribution in [3.63, 3.8) is 0 Å². The highest BCUT2D eigenvalue weighted by Gasteiger charge is 2.45. The predicted octanol–water partition coefficient (Wildman–Crippen LogP) is 4.49. The normalized spacial score (nSPS) is 18.4. The Morgan fingerprint density at radius 1 is 0.429 bits per heavy atom. The van der Waals surface area contributed by atoms with Crippen LogP contribution in [0.1, 0.15) is 11.1 Å². The SMILES string of the molecule is c1ccc2c(c1)CN1C3=C4N(CCN3c3ccccc31)c1ccccc1N4C2. The largest absolute Gasteiger partial charge is 0.321 e. The van der Waals surface area contributed by atoms with E-state index in [9.17, 15) is 0 Å². The van der Waals surface area contributed by atoms with Crippen LogP contribution in [0.15, 0.2) is 84.4 Å². The molecule has 4 heteroatoms. The number of rotatable bonds is 0. The predicted molar refractivity (Wildman–Crippen MR) is 113 cm³/mol. The molecule has 4 heterocycles. The lowest BCUT2D eigenvalue weighted by molar-refractivity contribution is 0.709. The van der Waals surface area contributed by atoms with E-state index in [2.05, 4.69) is 92.4 Å². The smallest absolute Gasteiger partial charge is 0.156 e. The van der Waals surface area contributed by atoms with Gasteiger partial charge in [0.25, 0.3) is 0 Å². The van der Waals surface area contributed by atoms with Crippen molar-refractivity contribution in [2.24, 2.45) is 0 Å². The summed E-state index contributed by atoms with van der Waals surface area (Å²) in [6.45, 7) is 3.85. The molecule has 0 fully saturated rings. The fraction of sp³-hybridized carbons (Fsp3) is 0.167. The number of anilines is 4. The van der Waals surface area contributed by atoms with Crippen LogP contribution in [0.2, 0.25) is 0 Å². The Kier molecular flexibility index (Phi) is 2.67. The molecule has 0 unspecified atom stereocenters. The third-order valence-electron chi connectivity index (χ3n) is 6.47. The van der Waals surface area contributed by atoms with Crippen molar-refractivity contribution in [3.05, 3.63) is 95.6 Å². The van der Waals surface area contributed by atoms with Crippen LogP contribution < -0.4 is 19.6 Å². The summed E-state index contributed by atoms with van der Waals surface area (Å²) in [5.74, 6) is 2.66. The van der Waals surface area contributed by atoms with Gasteiger partial charge in [-0.25, -0.2) is 0 Å². The van der Waals surface area contributed by atoms with Crippen LogP contribution in [0.5, 0.6) is 0 Å². The van der Waals surface area contributed by atoms with Gasteiger partial charge in [-0.15, -0.1) is 0 Å². The second-order valence-electron chi connectivity index (χ2n) is 7.87. The van der Waals surface area contributed by atoms with Gasteiger partial charge in [-0.3, -0.25) is 0 Å². The quantitative estimate of drug-likeness (QED) is 0.582. The summed E-state index contributed by atoms with van der Waals surface area (Å²) in [5, 5.41) is 0. The third-order valence-corrected chi connectivity index (χ3v) is 6.47. The molecule has 0 saturated heterocycles. The first-order valence-electron chi connectivity index (χ1n) is 9.99. The molecule has 0 saturated carbocycles. The van der Waals surface area contributed by atoms with Gasteiger partial charge in [-0.2, -0.15) is 0 Å². The molecule has 4 nitrogen and oxygen atoms in total. The molecule has 4 aliphatic heterocycles.